The first-order chi connectivity index (χ1) is 12.6. The summed E-state index contributed by atoms with van der Waals surface area (Å²) in [6.45, 7) is 1.89. The monoisotopic (exact) mass is 363 g/mol. The van der Waals surface area contributed by atoms with Gasteiger partial charge in [-0.1, -0.05) is 18.2 Å². The number of hydrogen-bond acceptors (Lipinski definition) is 5. The minimum atomic E-state index is -0.284. The van der Waals surface area contributed by atoms with Crippen LogP contribution >= 0.6 is 0 Å². The SMILES string of the molecule is CN(O)C(=O)CCCOCCC1C2CCC(O2)C1COc1ccccc1. The Labute approximate surface area is 155 Å². The molecule has 1 N–H and O–H groups in total. The van der Waals surface area contributed by atoms with Crippen molar-refractivity contribution in [3.05, 3.63) is 30.3 Å². The van der Waals surface area contributed by atoms with Gasteiger partial charge < -0.3 is 14.2 Å². The van der Waals surface area contributed by atoms with Gasteiger partial charge in [-0.15, -0.1) is 0 Å². The zero-order valence-corrected chi connectivity index (χ0v) is 15.4. The van der Waals surface area contributed by atoms with Crippen molar-refractivity contribution >= 4 is 5.91 Å². The van der Waals surface area contributed by atoms with Crippen LogP contribution in [-0.4, -0.2) is 55.3 Å². The molecular formula is C20H29NO5. The molecule has 26 heavy (non-hydrogen) atoms. The molecule has 6 nitrogen and oxygen atoms in total. The lowest BCUT2D eigenvalue weighted by atomic mass is 9.78. The van der Waals surface area contributed by atoms with Crippen LogP contribution in [0.3, 0.4) is 0 Å². The van der Waals surface area contributed by atoms with E-state index in [0.717, 1.165) is 25.0 Å². The largest absolute Gasteiger partial charge is 0.493 e. The number of fused-ring (bicyclic) bond motifs is 2. The summed E-state index contributed by atoms with van der Waals surface area (Å²) in [4.78, 5) is 11.3. The fraction of sp³-hybridized carbons (Fsp3) is 0.650. The maximum atomic E-state index is 11.3. The maximum Gasteiger partial charge on any atom is 0.245 e. The van der Waals surface area contributed by atoms with Crippen molar-refractivity contribution in [1.29, 1.82) is 0 Å². The first-order valence-corrected chi connectivity index (χ1v) is 9.51. The van der Waals surface area contributed by atoms with Crippen LogP contribution in [0.1, 0.15) is 32.1 Å². The second-order valence-electron chi connectivity index (χ2n) is 7.16. The molecule has 2 aliphatic heterocycles. The summed E-state index contributed by atoms with van der Waals surface area (Å²) >= 11 is 0. The first-order valence-electron chi connectivity index (χ1n) is 9.51. The van der Waals surface area contributed by atoms with E-state index in [-0.39, 0.29) is 5.91 Å². The van der Waals surface area contributed by atoms with E-state index >= 15 is 0 Å². The molecule has 144 valence electrons. The lowest BCUT2D eigenvalue weighted by Gasteiger charge is -2.28. The van der Waals surface area contributed by atoms with Crippen molar-refractivity contribution in [2.75, 3.05) is 26.9 Å². The topological polar surface area (TPSA) is 68.2 Å². The number of carbonyl (C=O) groups excluding carboxylic acids is 1. The van der Waals surface area contributed by atoms with E-state index in [1.54, 1.807) is 0 Å². The molecule has 0 aliphatic carbocycles. The minimum absolute atomic E-state index is 0.284. The van der Waals surface area contributed by atoms with Crippen LogP contribution in [0.25, 0.3) is 0 Å². The predicted octanol–water partition coefficient (Wildman–Crippen LogP) is 2.89. The third-order valence-electron chi connectivity index (χ3n) is 5.41. The standard InChI is InChI=1S/C20H29NO5/c1-21(23)20(22)8-5-12-24-13-11-16-17(19-10-9-18(16)26-19)14-25-15-6-3-2-4-7-15/h2-4,6-7,16-19,23H,5,8-14H2,1H3. The smallest absolute Gasteiger partial charge is 0.245 e. The van der Waals surface area contributed by atoms with Crippen molar-refractivity contribution in [3.8, 4) is 5.75 Å². The van der Waals surface area contributed by atoms with Crippen LogP contribution in [0, 0.1) is 11.8 Å². The molecule has 6 heteroatoms. The van der Waals surface area contributed by atoms with Gasteiger partial charge in [-0.3, -0.25) is 10.0 Å². The molecule has 0 aromatic heterocycles. The number of carbonyl (C=O) groups is 1. The molecule has 0 radical (unpaired) electrons. The van der Waals surface area contributed by atoms with Crippen LogP contribution in [0.5, 0.6) is 5.75 Å². The van der Waals surface area contributed by atoms with Crippen LogP contribution in [0.4, 0.5) is 0 Å². The lowest BCUT2D eigenvalue weighted by Crippen LogP contribution is -2.32. The van der Waals surface area contributed by atoms with Crippen LogP contribution in [0.15, 0.2) is 30.3 Å². The zero-order chi connectivity index (χ0) is 18.4. The van der Waals surface area contributed by atoms with Crippen LogP contribution in [0.2, 0.25) is 0 Å². The number of hydrogen-bond donors (Lipinski definition) is 1. The molecular weight excluding hydrogens is 334 g/mol. The van der Waals surface area contributed by atoms with Crippen molar-refractivity contribution in [1.82, 2.24) is 5.06 Å². The summed E-state index contributed by atoms with van der Waals surface area (Å²) in [5.74, 6) is 1.52. The molecule has 4 unspecified atom stereocenters. The summed E-state index contributed by atoms with van der Waals surface area (Å²) in [5, 5.41) is 9.64. The lowest BCUT2D eigenvalue weighted by molar-refractivity contribution is -0.159. The number of rotatable bonds is 10. The molecule has 4 atom stereocenters. The molecule has 2 aliphatic rings. The maximum absolute atomic E-state index is 11.3. The highest BCUT2D eigenvalue weighted by molar-refractivity contribution is 5.74. The molecule has 2 fully saturated rings. The summed E-state index contributed by atoms with van der Waals surface area (Å²) in [6.07, 6.45) is 4.78. The Balaban J connectivity index is 1.38. The zero-order valence-electron chi connectivity index (χ0n) is 15.4. The average Bonchev–Trinajstić information content (AvgIpc) is 3.25. The van der Waals surface area contributed by atoms with Crippen molar-refractivity contribution in [3.63, 3.8) is 0 Å². The Hall–Kier alpha value is -1.63. The highest BCUT2D eigenvalue weighted by atomic mass is 16.5. The number of benzene rings is 1. The molecule has 1 amide bonds. The number of para-hydroxylation sites is 1. The van der Waals surface area contributed by atoms with Gasteiger partial charge in [0, 0.05) is 32.6 Å². The van der Waals surface area contributed by atoms with E-state index in [2.05, 4.69) is 0 Å². The van der Waals surface area contributed by atoms with Gasteiger partial charge in [-0.25, -0.2) is 5.06 Å². The third-order valence-corrected chi connectivity index (χ3v) is 5.41. The highest BCUT2D eigenvalue weighted by Crippen LogP contribution is 2.45. The third kappa shape index (κ3) is 4.96. The van der Waals surface area contributed by atoms with Crippen molar-refractivity contribution in [2.24, 2.45) is 11.8 Å². The van der Waals surface area contributed by atoms with Gasteiger partial charge >= 0.3 is 0 Å². The summed E-state index contributed by atoms with van der Waals surface area (Å²) in [5.41, 5.74) is 0. The summed E-state index contributed by atoms with van der Waals surface area (Å²) < 4.78 is 17.8. The molecule has 1 aromatic rings. The molecule has 0 spiro atoms. The fourth-order valence-corrected chi connectivity index (χ4v) is 4.02. The number of hydroxylamine groups is 2. The van der Waals surface area contributed by atoms with Gasteiger partial charge in [0.05, 0.1) is 18.8 Å². The predicted molar refractivity (Wildman–Crippen MR) is 96.0 cm³/mol. The molecule has 2 bridgehead atoms. The number of amides is 1. The Bertz CT molecular complexity index is 565. The Kier molecular flexibility index (Phi) is 6.88. The summed E-state index contributed by atoms with van der Waals surface area (Å²) in [7, 11) is 1.34. The molecule has 2 heterocycles. The quantitative estimate of drug-likeness (QED) is 0.393. The van der Waals surface area contributed by atoms with Gasteiger partial charge in [0.25, 0.3) is 0 Å². The average molecular weight is 363 g/mol. The van der Waals surface area contributed by atoms with Crippen LogP contribution < -0.4 is 4.74 Å². The van der Waals surface area contributed by atoms with E-state index < -0.39 is 0 Å². The first kappa shape index (κ1) is 19.1. The Morgan fingerprint density at radius 3 is 2.65 bits per heavy atom. The Morgan fingerprint density at radius 1 is 1.19 bits per heavy atom. The van der Waals surface area contributed by atoms with Gasteiger partial charge in [-0.05, 0) is 43.7 Å². The molecule has 0 saturated carbocycles. The fourth-order valence-electron chi connectivity index (χ4n) is 4.02. The van der Waals surface area contributed by atoms with Gasteiger partial charge in [0.2, 0.25) is 5.91 Å². The van der Waals surface area contributed by atoms with Crippen molar-refractivity contribution in [2.45, 2.75) is 44.3 Å². The second-order valence-corrected chi connectivity index (χ2v) is 7.16. The van der Waals surface area contributed by atoms with Gasteiger partial charge in [0.1, 0.15) is 5.75 Å². The molecule has 1 aromatic carbocycles. The number of nitrogens with zero attached hydrogens (tertiary/aromatic N) is 1. The van der Waals surface area contributed by atoms with E-state index in [4.69, 9.17) is 19.4 Å². The van der Waals surface area contributed by atoms with E-state index in [9.17, 15) is 4.79 Å². The van der Waals surface area contributed by atoms with Gasteiger partial charge in [0.15, 0.2) is 0 Å². The van der Waals surface area contributed by atoms with E-state index in [1.807, 2.05) is 30.3 Å². The van der Waals surface area contributed by atoms with E-state index in [1.165, 1.54) is 7.05 Å². The van der Waals surface area contributed by atoms with E-state index in [0.29, 0.717) is 61.8 Å². The second kappa shape index (κ2) is 9.35. The van der Waals surface area contributed by atoms with Crippen molar-refractivity contribution < 1.29 is 24.2 Å². The minimum Gasteiger partial charge on any atom is -0.493 e. The summed E-state index contributed by atoms with van der Waals surface area (Å²) in [6, 6.07) is 9.92. The van der Waals surface area contributed by atoms with Gasteiger partial charge in [-0.2, -0.15) is 0 Å². The number of ether oxygens (including phenoxy) is 3. The highest BCUT2D eigenvalue weighted by Gasteiger charge is 2.48. The molecule has 2 saturated heterocycles. The normalized spacial score (nSPS) is 26.8. The van der Waals surface area contributed by atoms with Crippen LogP contribution in [-0.2, 0) is 14.3 Å². The molecule has 3 rings (SSSR count). The Morgan fingerprint density at radius 2 is 1.92 bits per heavy atom.